The van der Waals surface area contributed by atoms with Crippen molar-refractivity contribution in [2.24, 2.45) is 0 Å². The summed E-state index contributed by atoms with van der Waals surface area (Å²) in [7, 11) is 1.52. The first-order chi connectivity index (χ1) is 10.6. The van der Waals surface area contributed by atoms with Gasteiger partial charge in [-0.1, -0.05) is 0 Å². The van der Waals surface area contributed by atoms with Crippen molar-refractivity contribution >= 4 is 28.5 Å². The van der Waals surface area contributed by atoms with Crippen molar-refractivity contribution in [1.29, 1.82) is 0 Å². The maximum atomic E-state index is 5.12. The lowest BCUT2D eigenvalue weighted by Gasteiger charge is -2.11. The molecule has 0 fully saturated rings. The standard InChI is InChI=1S/C14H17N7O/c1-8(2)16-12-18-13(20-14(19-12)22-3)17-10-4-5-11-9(6-10)7-15-21-11/h4-8H,1-3H3,(H,15,21)(H2,16,17,18,19,20). The molecule has 3 rings (SSSR count). The van der Waals surface area contributed by atoms with Crippen LogP contribution in [0, 0.1) is 0 Å². The average molecular weight is 299 g/mol. The highest BCUT2D eigenvalue weighted by Crippen LogP contribution is 2.20. The molecule has 0 aliphatic carbocycles. The Bertz CT molecular complexity index is 784. The minimum Gasteiger partial charge on any atom is -0.467 e. The number of rotatable bonds is 5. The summed E-state index contributed by atoms with van der Waals surface area (Å²) >= 11 is 0. The zero-order valence-electron chi connectivity index (χ0n) is 12.6. The van der Waals surface area contributed by atoms with Gasteiger partial charge >= 0.3 is 6.01 Å². The highest BCUT2D eigenvalue weighted by molar-refractivity contribution is 5.82. The number of fused-ring (bicyclic) bond motifs is 1. The van der Waals surface area contributed by atoms with Gasteiger partial charge in [-0.15, -0.1) is 0 Å². The summed E-state index contributed by atoms with van der Waals surface area (Å²) in [5.74, 6) is 0.881. The van der Waals surface area contributed by atoms with Gasteiger partial charge in [-0.3, -0.25) is 5.10 Å². The van der Waals surface area contributed by atoms with E-state index in [2.05, 4.69) is 35.8 Å². The Hall–Kier alpha value is -2.90. The van der Waals surface area contributed by atoms with Crippen LogP contribution in [0.2, 0.25) is 0 Å². The predicted octanol–water partition coefficient (Wildman–Crippen LogP) is 2.32. The Morgan fingerprint density at radius 1 is 1.14 bits per heavy atom. The van der Waals surface area contributed by atoms with E-state index < -0.39 is 0 Å². The van der Waals surface area contributed by atoms with Crippen molar-refractivity contribution in [3.05, 3.63) is 24.4 Å². The minimum atomic E-state index is 0.210. The molecule has 22 heavy (non-hydrogen) atoms. The molecular weight excluding hydrogens is 282 g/mol. The molecule has 2 heterocycles. The summed E-state index contributed by atoms with van der Waals surface area (Å²) in [6, 6.07) is 6.29. The molecule has 3 N–H and O–H groups in total. The highest BCUT2D eigenvalue weighted by atomic mass is 16.5. The van der Waals surface area contributed by atoms with Crippen LogP contribution in [0.15, 0.2) is 24.4 Å². The fourth-order valence-electron chi connectivity index (χ4n) is 1.98. The molecular formula is C14H17N7O. The largest absolute Gasteiger partial charge is 0.467 e. The second kappa shape index (κ2) is 5.84. The van der Waals surface area contributed by atoms with Crippen LogP contribution in [0.4, 0.5) is 17.6 Å². The Morgan fingerprint density at radius 2 is 1.95 bits per heavy atom. The molecule has 0 spiro atoms. The number of hydrogen-bond acceptors (Lipinski definition) is 7. The minimum absolute atomic E-state index is 0.210. The Labute approximate surface area is 127 Å². The summed E-state index contributed by atoms with van der Waals surface area (Å²) in [6.45, 7) is 4.02. The topological polar surface area (TPSA) is 101 Å². The summed E-state index contributed by atoms with van der Waals surface area (Å²) in [4.78, 5) is 12.7. The molecule has 0 bridgehead atoms. The first kappa shape index (κ1) is 14.1. The van der Waals surface area contributed by atoms with E-state index in [9.17, 15) is 0 Å². The Balaban J connectivity index is 1.89. The van der Waals surface area contributed by atoms with Crippen molar-refractivity contribution in [2.45, 2.75) is 19.9 Å². The van der Waals surface area contributed by atoms with Crippen LogP contribution < -0.4 is 15.4 Å². The monoisotopic (exact) mass is 299 g/mol. The number of hydrogen-bond donors (Lipinski definition) is 3. The third kappa shape index (κ3) is 3.05. The van der Waals surface area contributed by atoms with Gasteiger partial charge in [0.05, 0.1) is 18.8 Å². The molecule has 0 aliphatic rings. The fourth-order valence-corrected chi connectivity index (χ4v) is 1.98. The molecule has 0 unspecified atom stereocenters. The van der Waals surface area contributed by atoms with E-state index in [0.717, 1.165) is 16.6 Å². The second-order valence-corrected chi connectivity index (χ2v) is 5.07. The first-order valence-electron chi connectivity index (χ1n) is 6.91. The summed E-state index contributed by atoms with van der Waals surface area (Å²) < 4.78 is 5.12. The quantitative estimate of drug-likeness (QED) is 0.664. The van der Waals surface area contributed by atoms with Crippen LogP contribution >= 0.6 is 0 Å². The molecule has 0 saturated heterocycles. The molecule has 0 amide bonds. The Kier molecular flexibility index (Phi) is 3.73. The average Bonchev–Trinajstić information content (AvgIpc) is 2.93. The number of H-pyrrole nitrogens is 1. The molecule has 8 heteroatoms. The zero-order chi connectivity index (χ0) is 15.5. The smallest absolute Gasteiger partial charge is 0.322 e. The van der Waals surface area contributed by atoms with E-state index in [1.807, 2.05) is 32.0 Å². The van der Waals surface area contributed by atoms with E-state index >= 15 is 0 Å². The number of aromatic nitrogens is 5. The molecule has 2 aromatic heterocycles. The lowest BCUT2D eigenvalue weighted by Crippen LogP contribution is -2.14. The van der Waals surface area contributed by atoms with Crippen LogP contribution in [0.3, 0.4) is 0 Å². The van der Waals surface area contributed by atoms with Crippen molar-refractivity contribution in [1.82, 2.24) is 25.1 Å². The van der Waals surface area contributed by atoms with Gasteiger partial charge in [0.15, 0.2) is 0 Å². The number of aromatic amines is 1. The van der Waals surface area contributed by atoms with E-state index in [-0.39, 0.29) is 12.1 Å². The predicted molar refractivity (Wildman–Crippen MR) is 84.5 cm³/mol. The van der Waals surface area contributed by atoms with Crippen LogP contribution in [0.25, 0.3) is 10.9 Å². The van der Waals surface area contributed by atoms with Crippen molar-refractivity contribution in [2.75, 3.05) is 17.7 Å². The van der Waals surface area contributed by atoms with Gasteiger partial charge in [0.2, 0.25) is 11.9 Å². The van der Waals surface area contributed by atoms with Gasteiger partial charge < -0.3 is 15.4 Å². The molecule has 1 aromatic carbocycles. The second-order valence-electron chi connectivity index (χ2n) is 5.07. The van der Waals surface area contributed by atoms with Crippen molar-refractivity contribution < 1.29 is 4.74 Å². The fraction of sp³-hybridized carbons (Fsp3) is 0.286. The number of nitrogens with one attached hydrogen (secondary N) is 3. The highest BCUT2D eigenvalue weighted by Gasteiger charge is 2.08. The first-order valence-corrected chi connectivity index (χ1v) is 6.91. The molecule has 0 radical (unpaired) electrons. The molecule has 3 aromatic rings. The number of benzene rings is 1. The van der Waals surface area contributed by atoms with Gasteiger partial charge in [-0.05, 0) is 32.0 Å². The lowest BCUT2D eigenvalue weighted by atomic mass is 10.2. The Morgan fingerprint density at radius 3 is 2.73 bits per heavy atom. The number of methoxy groups -OCH3 is 1. The zero-order valence-corrected chi connectivity index (χ0v) is 12.6. The van der Waals surface area contributed by atoms with Gasteiger partial charge in [0.1, 0.15) is 0 Å². The van der Waals surface area contributed by atoms with Gasteiger partial charge in [-0.2, -0.15) is 20.1 Å². The van der Waals surface area contributed by atoms with Crippen LogP contribution in [0.1, 0.15) is 13.8 Å². The molecule has 0 aliphatic heterocycles. The molecule has 0 saturated carbocycles. The van der Waals surface area contributed by atoms with E-state index in [1.165, 1.54) is 7.11 Å². The molecule has 0 atom stereocenters. The molecule has 114 valence electrons. The summed E-state index contributed by atoms with van der Waals surface area (Å²) in [5.41, 5.74) is 1.83. The number of ether oxygens (including phenoxy) is 1. The van der Waals surface area contributed by atoms with Crippen molar-refractivity contribution in [3.8, 4) is 6.01 Å². The van der Waals surface area contributed by atoms with E-state index in [1.54, 1.807) is 6.20 Å². The lowest BCUT2D eigenvalue weighted by molar-refractivity contribution is 0.379. The maximum Gasteiger partial charge on any atom is 0.322 e. The normalized spacial score (nSPS) is 10.9. The third-order valence-electron chi connectivity index (χ3n) is 2.91. The van der Waals surface area contributed by atoms with Gasteiger partial charge in [-0.25, -0.2) is 0 Å². The number of nitrogens with zero attached hydrogens (tertiary/aromatic N) is 4. The summed E-state index contributed by atoms with van der Waals surface area (Å²) in [5, 5.41) is 14.2. The summed E-state index contributed by atoms with van der Waals surface area (Å²) in [6.07, 6.45) is 1.76. The third-order valence-corrected chi connectivity index (χ3v) is 2.91. The van der Waals surface area contributed by atoms with Gasteiger partial charge in [0.25, 0.3) is 0 Å². The van der Waals surface area contributed by atoms with E-state index in [4.69, 9.17) is 4.74 Å². The van der Waals surface area contributed by atoms with Crippen LogP contribution in [-0.2, 0) is 0 Å². The van der Waals surface area contributed by atoms with Crippen molar-refractivity contribution in [3.63, 3.8) is 0 Å². The van der Waals surface area contributed by atoms with Crippen LogP contribution in [0.5, 0.6) is 6.01 Å². The molecule has 8 nitrogen and oxygen atoms in total. The van der Waals surface area contributed by atoms with Gasteiger partial charge in [0, 0.05) is 17.1 Å². The van der Waals surface area contributed by atoms with Crippen LogP contribution in [-0.4, -0.2) is 38.3 Å². The van der Waals surface area contributed by atoms with E-state index in [0.29, 0.717) is 11.9 Å². The maximum absolute atomic E-state index is 5.12. The number of anilines is 3. The SMILES string of the molecule is COc1nc(Nc2ccc3[nH]ncc3c2)nc(NC(C)C)n1.